The molecule has 0 saturated carbocycles. The van der Waals surface area contributed by atoms with Crippen LogP contribution in [0, 0.1) is 0 Å². The van der Waals surface area contributed by atoms with E-state index in [-0.39, 0.29) is 0 Å². The van der Waals surface area contributed by atoms with Crippen LogP contribution < -0.4 is 4.90 Å². The highest BCUT2D eigenvalue weighted by Crippen LogP contribution is 2.40. The molecule has 0 unspecified atom stereocenters. The van der Waals surface area contributed by atoms with E-state index in [4.69, 9.17) is 0 Å². The van der Waals surface area contributed by atoms with Gasteiger partial charge in [-0.1, -0.05) is 61.5 Å². The Kier molecular flexibility index (Phi) is 5.27. The van der Waals surface area contributed by atoms with Crippen molar-refractivity contribution in [2.24, 2.45) is 0 Å². The van der Waals surface area contributed by atoms with Crippen molar-refractivity contribution in [1.82, 2.24) is 4.57 Å². The number of aryl methyl sites for hydroxylation is 2. The van der Waals surface area contributed by atoms with Gasteiger partial charge in [-0.25, -0.2) is 0 Å². The maximum Gasteiger partial charge on any atom is 0.0539 e. The number of hydrogen-bond donors (Lipinski definition) is 0. The average Bonchev–Trinajstić information content (AvgIpc) is 3.24. The molecule has 0 N–H and O–H groups in total. The molecule has 0 fully saturated rings. The quantitative estimate of drug-likeness (QED) is 0.265. The van der Waals surface area contributed by atoms with E-state index in [9.17, 15) is 0 Å². The molecule has 2 heteroatoms. The molecule has 4 aromatic carbocycles. The molecule has 0 aliphatic heterocycles. The van der Waals surface area contributed by atoms with Crippen molar-refractivity contribution in [3.05, 3.63) is 126 Å². The first-order chi connectivity index (χ1) is 16.8. The number of aromatic nitrogens is 1. The summed E-state index contributed by atoms with van der Waals surface area (Å²) >= 11 is 0. The second-order valence-electron chi connectivity index (χ2n) is 8.87. The van der Waals surface area contributed by atoms with Crippen LogP contribution in [0.3, 0.4) is 0 Å². The van der Waals surface area contributed by atoms with Gasteiger partial charge in [-0.2, -0.15) is 0 Å². The van der Waals surface area contributed by atoms with E-state index in [1.807, 2.05) is 0 Å². The minimum atomic E-state index is 1.05. The van der Waals surface area contributed by atoms with Gasteiger partial charge in [-0.3, -0.25) is 0 Å². The Labute approximate surface area is 201 Å². The zero-order chi connectivity index (χ0) is 22.9. The number of fused-ring (bicyclic) bond motifs is 3. The fourth-order valence-electron chi connectivity index (χ4n) is 5.12. The molecule has 2 nitrogen and oxygen atoms in total. The van der Waals surface area contributed by atoms with Crippen LogP contribution in [0.2, 0.25) is 0 Å². The first-order valence-electron chi connectivity index (χ1n) is 12.2. The molecule has 34 heavy (non-hydrogen) atoms. The summed E-state index contributed by atoms with van der Waals surface area (Å²) in [5.74, 6) is 0. The largest absolute Gasteiger partial charge is 0.310 e. The first-order valence-corrected chi connectivity index (χ1v) is 12.2. The lowest BCUT2D eigenvalue weighted by atomic mass is 10.0. The van der Waals surface area contributed by atoms with Crippen molar-refractivity contribution < 1.29 is 0 Å². The maximum atomic E-state index is 2.41. The maximum absolute atomic E-state index is 2.41. The SMILES string of the molecule is CCc1ccc(N(c2ccccc2)c2ccc3c(c2)c2c(n3-c3ccccc3)C=CCC2)cc1. The normalized spacial score (nSPS) is 12.6. The van der Waals surface area contributed by atoms with Gasteiger partial charge in [0.05, 0.1) is 5.52 Å². The Balaban J connectivity index is 1.56. The summed E-state index contributed by atoms with van der Waals surface area (Å²) in [5.41, 5.74) is 10.1. The Morgan fingerprint density at radius 2 is 1.41 bits per heavy atom. The predicted octanol–water partition coefficient (Wildman–Crippen LogP) is 8.62. The molecule has 1 aromatic heterocycles. The van der Waals surface area contributed by atoms with Crippen LogP contribution in [0.15, 0.2) is 109 Å². The number of allylic oxidation sites excluding steroid dienone is 1. The van der Waals surface area contributed by atoms with E-state index in [1.54, 1.807) is 0 Å². The van der Waals surface area contributed by atoms with Crippen LogP contribution in [0.25, 0.3) is 22.7 Å². The summed E-state index contributed by atoms with van der Waals surface area (Å²) in [6.45, 7) is 2.20. The van der Waals surface area contributed by atoms with Crippen molar-refractivity contribution in [3.63, 3.8) is 0 Å². The molecule has 0 saturated heterocycles. The van der Waals surface area contributed by atoms with Gasteiger partial charge in [-0.15, -0.1) is 0 Å². The van der Waals surface area contributed by atoms with E-state index in [2.05, 4.69) is 132 Å². The third-order valence-electron chi connectivity index (χ3n) is 6.82. The smallest absolute Gasteiger partial charge is 0.0539 e. The van der Waals surface area contributed by atoms with Crippen LogP contribution >= 0.6 is 0 Å². The molecule has 0 atom stereocenters. The third kappa shape index (κ3) is 3.52. The molecule has 1 aliphatic carbocycles. The van der Waals surface area contributed by atoms with Gasteiger partial charge < -0.3 is 9.47 Å². The van der Waals surface area contributed by atoms with E-state index in [0.717, 1.165) is 19.3 Å². The highest BCUT2D eigenvalue weighted by atomic mass is 15.1. The standard InChI is InChI=1S/C32H28N2/c1-2-24-17-19-27(20-18-24)33(25-11-5-3-6-12-25)28-21-22-32-30(23-28)29-15-9-10-16-31(29)34(32)26-13-7-4-8-14-26/h3-8,10-14,16-23H,2,9,15H2,1H3. The Bertz CT molecular complexity index is 1460. The number of hydrogen-bond acceptors (Lipinski definition) is 1. The van der Waals surface area contributed by atoms with Crippen LogP contribution in [-0.2, 0) is 12.8 Å². The molecule has 5 aromatic rings. The minimum absolute atomic E-state index is 1.05. The van der Waals surface area contributed by atoms with E-state index in [1.165, 1.54) is 50.5 Å². The minimum Gasteiger partial charge on any atom is -0.310 e. The molecule has 6 rings (SSSR count). The molecular formula is C32H28N2. The van der Waals surface area contributed by atoms with Gasteiger partial charge in [0.25, 0.3) is 0 Å². The van der Waals surface area contributed by atoms with Crippen molar-refractivity contribution in [2.45, 2.75) is 26.2 Å². The molecule has 0 radical (unpaired) electrons. The Morgan fingerprint density at radius 1 is 0.735 bits per heavy atom. The topological polar surface area (TPSA) is 8.17 Å². The summed E-state index contributed by atoms with van der Waals surface area (Å²) in [4.78, 5) is 2.36. The average molecular weight is 441 g/mol. The van der Waals surface area contributed by atoms with Crippen LogP contribution in [0.5, 0.6) is 0 Å². The molecule has 1 aliphatic rings. The van der Waals surface area contributed by atoms with Gasteiger partial charge in [0.15, 0.2) is 0 Å². The fourth-order valence-corrected chi connectivity index (χ4v) is 5.12. The molecule has 0 bridgehead atoms. The summed E-state index contributed by atoms with van der Waals surface area (Å²) in [5, 5.41) is 1.34. The number of anilines is 3. The Morgan fingerprint density at radius 3 is 2.15 bits per heavy atom. The van der Waals surface area contributed by atoms with E-state index < -0.39 is 0 Å². The number of benzene rings is 4. The summed E-state index contributed by atoms with van der Waals surface area (Å²) < 4.78 is 2.41. The molecule has 0 amide bonds. The highest BCUT2D eigenvalue weighted by Gasteiger charge is 2.20. The highest BCUT2D eigenvalue weighted by molar-refractivity contribution is 5.94. The lowest BCUT2D eigenvalue weighted by molar-refractivity contribution is 0.967. The molecule has 166 valence electrons. The van der Waals surface area contributed by atoms with E-state index in [0.29, 0.717) is 0 Å². The number of rotatable bonds is 5. The monoisotopic (exact) mass is 440 g/mol. The van der Waals surface area contributed by atoms with Crippen LogP contribution in [0.1, 0.15) is 30.2 Å². The van der Waals surface area contributed by atoms with Crippen molar-refractivity contribution in [3.8, 4) is 5.69 Å². The van der Waals surface area contributed by atoms with Gasteiger partial charge in [0, 0.05) is 33.8 Å². The fraction of sp³-hybridized carbons (Fsp3) is 0.125. The number of para-hydroxylation sites is 2. The van der Waals surface area contributed by atoms with Gasteiger partial charge in [-0.05, 0) is 91.1 Å². The van der Waals surface area contributed by atoms with Crippen molar-refractivity contribution >= 4 is 34.0 Å². The number of nitrogens with zero attached hydrogens (tertiary/aromatic N) is 2. The van der Waals surface area contributed by atoms with E-state index >= 15 is 0 Å². The predicted molar refractivity (Wildman–Crippen MR) is 145 cm³/mol. The van der Waals surface area contributed by atoms with Gasteiger partial charge in [0.1, 0.15) is 0 Å². The van der Waals surface area contributed by atoms with Gasteiger partial charge in [0.2, 0.25) is 0 Å². The van der Waals surface area contributed by atoms with Crippen LogP contribution in [0.4, 0.5) is 17.1 Å². The molecule has 1 heterocycles. The first kappa shape index (κ1) is 20.6. The Hall–Kier alpha value is -4.04. The second kappa shape index (κ2) is 8.72. The van der Waals surface area contributed by atoms with Crippen molar-refractivity contribution in [1.29, 1.82) is 0 Å². The molecule has 0 spiro atoms. The van der Waals surface area contributed by atoms with Crippen LogP contribution in [-0.4, -0.2) is 4.57 Å². The lowest BCUT2D eigenvalue weighted by Gasteiger charge is -2.26. The summed E-state index contributed by atoms with van der Waals surface area (Å²) in [6, 6.07) is 37.3. The molecular weight excluding hydrogens is 412 g/mol. The summed E-state index contributed by atoms with van der Waals surface area (Å²) in [7, 11) is 0. The summed E-state index contributed by atoms with van der Waals surface area (Å²) in [6.07, 6.45) is 7.80. The lowest BCUT2D eigenvalue weighted by Crippen LogP contribution is -2.09. The van der Waals surface area contributed by atoms with Gasteiger partial charge >= 0.3 is 0 Å². The second-order valence-corrected chi connectivity index (χ2v) is 8.87. The zero-order valence-corrected chi connectivity index (χ0v) is 19.5. The zero-order valence-electron chi connectivity index (χ0n) is 19.5. The third-order valence-corrected chi connectivity index (χ3v) is 6.82. The van der Waals surface area contributed by atoms with Crippen molar-refractivity contribution in [2.75, 3.05) is 4.90 Å².